The Labute approximate surface area is 81.6 Å². The molecule has 0 bridgehead atoms. The third-order valence-corrected chi connectivity index (χ3v) is 1.99. The van der Waals surface area contributed by atoms with Crippen molar-refractivity contribution in [2.24, 2.45) is 0 Å². The summed E-state index contributed by atoms with van der Waals surface area (Å²) in [6, 6.07) is 0. The molecule has 0 atom stereocenters. The Morgan fingerprint density at radius 2 is 1.69 bits per heavy atom. The molecule has 13 heavy (non-hydrogen) atoms. The smallest absolute Gasteiger partial charge is 0.156 e. The summed E-state index contributed by atoms with van der Waals surface area (Å²) >= 11 is 0. The maximum absolute atomic E-state index is 11.0. The van der Waals surface area contributed by atoms with Gasteiger partial charge in [0.2, 0.25) is 0 Å². The van der Waals surface area contributed by atoms with Crippen LogP contribution in [0.5, 0.6) is 0 Å². The Morgan fingerprint density at radius 1 is 1.23 bits per heavy atom. The number of ketones is 1. The van der Waals surface area contributed by atoms with Crippen LogP contribution in [-0.4, -0.2) is 30.3 Å². The van der Waals surface area contributed by atoms with Crippen molar-refractivity contribution in [2.75, 3.05) is 19.6 Å². The molecule has 0 radical (unpaired) electrons. The predicted octanol–water partition coefficient (Wildman–Crippen LogP) is 2.25. The van der Waals surface area contributed by atoms with Crippen LogP contribution in [0.25, 0.3) is 0 Å². The van der Waals surface area contributed by atoms with Crippen molar-refractivity contribution in [3.8, 4) is 0 Å². The predicted molar refractivity (Wildman–Crippen MR) is 56.8 cm³/mol. The first kappa shape index (κ1) is 12.4. The first-order valence-corrected chi connectivity index (χ1v) is 5.02. The molecule has 0 aromatic rings. The Bertz CT molecular complexity index is 169. The molecule has 2 heteroatoms. The van der Waals surface area contributed by atoms with E-state index in [0.29, 0.717) is 0 Å². The molecule has 0 amide bonds. The second-order valence-electron chi connectivity index (χ2n) is 3.44. The van der Waals surface area contributed by atoms with Gasteiger partial charge in [-0.15, -0.1) is 0 Å². The molecule has 0 aliphatic carbocycles. The van der Waals surface area contributed by atoms with Crippen molar-refractivity contribution in [1.82, 2.24) is 4.90 Å². The molecule has 0 unspecified atom stereocenters. The van der Waals surface area contributed by atoms with E-state index in [1.807, 2.05) is 0 Å². The zero-order valence-corrected chi connectivity index (χ0v) is 9.10. The standard InChI is InChI=1S/C11H21NO/c1-5-7-12(8-6-2)9-10(3)11(4)13/h3,5-9H2,1-2,4H3. The van der Waals surface area contributed by atoms with Crippen LogP contribution in [0.4, 0.5) is 0 Å². The summed E-state index contributed by atoms with van der Waals surface area (Å²) in [5.41, 5.74) is 0.724. The highest BCUT2D eigenvalue weighted by Crippen LogP contribution is 2.00. The molecule has 0 spiro atoms. The van der Waals surface area contributed by atoms with Crippen LogP contribution in [0.3, 0.4) is 0 Å². The first-order valence-electron chi connectivity index (χ1n) is 5.02. The summed E-state index contributed by atoms with van der Waals surface area (Å²) < 4.78 is 0. The van der Waals surface area contributed by atoms with Gasteiger partial charge < -0.3 is 0 Å². The molecule has 0 heterocycles. The maximum Gasteiger partial charge on any atom is 0.156 e. The van der Waals surface area contributed by atoms with Crippen LogP contribution >= 0.6 is 0 Å². The number of carbonyl (C=O) groups is 1. The molecule has 0 aliphatic heterocycles. The van der Waals surface area contributed by atoms with Gasteiger partial charge in [-0.25, -0.2) is 0 Å². The zero-order chi connectivity index (χ0) is 10.3. The minimum Gasteiger partial charge on any atom is -0.299 e. The fraction of sp³-hybridized carbons (Fsp3) is 0.727. The summed E-state index contributed by atoms with van der Waals surface area (Å²) in [7, 11) is 0. The largest absolute Gasteiger partial charge is 0.299 e. The van der Waals surface area contributed by atoms with Crippen molar-refractivity contribution < 1.29 is 4.79 Å². The highest BCUT2D eigenvalue weighted by molar-refractivity contribution is 5.92. The lowest BCUT2D eigenvalue weighted by Gasteiger charge is -2.20. The second kappa shape index (κ2) is 6.84. The topological polar surface area (TPSA) is 20.3 Å². The molecule has 0 fully saturated rings. The van der Waals surface area contributed by atoms with Crippen molar-refractivity contribution in [3.63, 3.8) is 0 Å². The lowest BCUT2D eigenvalue weighted by Crippen LogP contribution is -2.28. The average Bonchev–Trinajstić information content (AvgIpc) is 2.05. The number of rotatable bonds is 7. The molecule has 0 aromatic heterocycles. The molecule has 0 rings (SSSR count). The van der Waals surface area contributed by atoms with Crippen molar-refractivity contribution >= 4 is 5.78 Å². The summed E-state index contributed by atoms with van der Waals surface area (Å²) in [5.74, 6) is 0.109. The van der Waals surface area contributed by atoms with Gasteiger partial charge in [0.05, 0.1) is 0 Å². The Morgan fingerprint density at radius 3 is 2.00 bits per heavy atom. The van der Waals surface area contributed by atoms with Crippen LogP contribution in [0.15, 0.2) is 12.2 Å². The van der Waals surface area contributed by atoms with Crippen LogP contribution in [0.2, 0.25) is 0 Å². The normalized spacial score (nSPS) is 10.5. The molecular formula is C11H21NO. The third kappa shape index (κ3) is 5.58. The Balaban J connectivity index is 3.93. The fourth-order valence-corrected chi connectivity index (χ4v) is 1.28. The molecule has 0 N–H and O–H groups in total. The molecular weight excluding hydrogens is 162 g/mol. The SMILES string of the molecule is C=C(CN(CCC)CCC)C(C)=O. The number of nitrogens with zero attached hydrogens (tertiary/aromatic N) is 1. The van der Waals surface area contributed by atoms with Crippen LogP contribution < -0.4 is 0 Å². The summed E-state index contributed by atoms with van der Waals surface area (Å²) in [6.07, 6.45) is 2.26. The molecule has 76 valence electrons. The van der Waals surface area contributed by atoms with Gasteiger partial charge in [0.1, 0.15) is 0 Å². The quantitative estimate of drug-likeness (QED) is 0.564. The molecule has 0 aliphatic rings. The highest BCUT2D eigenvalue weighted by Gasteiger charge is 2.07. The van der Waals surface area contributed by atoms with Gasteiger partial charge >= 0.3 is 0 Å². The lowest BCUT2D eigenvalue weighted by atomic mass is 10.2. The summed E-state index contributed by atoms with van der Waals surface area (Å²) in [4.78, 5) is 13.2. The van der Waals surface area contributed by atoms with E-state index in [4.69, 9.17) is 0 Å². The van der Waals surface area contributed by atoms with E-state index in [2.05, 4.69) is 25.3 Å². The van der Waals surface area contributed by atoms with Crippen LogP contribution in [-0.2, 0) is 4.79 Å². The summed E-state index contributed by atoms with van der Waals surface area (Å²) in [6.45, 7) is 12.5. The molecule has 0 aromatic carbocycles. The van der Waals surface area contributed by atoms with Gasteiger partial charge in [-0.2, -0.15) is 0 Å². The average molecular weight is 183 g/mol. The van der Waals surface area contributed by atoms with E-state index in [0.717, 1.165) is 38.0 Å². The van der Waals surface area contributed by atoms with E-state index in [-0.39, 0.29) is 5.78 Å². The van der Waals surface area contributed by atoms with Gasteiger partial charge in [-0.3, -0.25) is 9.69 Å². The van der Waals surface area contributed by atoms with Gasteiger partial charge in [0, 0.05) is 12.1 Å². The number of hydrogen-bond donors (Lipinski definition) is 0. The number of carbonyl (C=O) groups excluding carboxylic acids is 1. The van der Waals surface area contributed by atoms with Crippen molar-refractivity contribution in [2.45, 2.75) is 33.6 Å². The minimum atomic E-state index is 0.109. The van der Waals surface area contributed by atoms with E-state index in [1.165, 1.54) is 0 Å². The van der Waals surface area contributed by atoms with E-state index in [1.54, 1.807) is 6.92 Å². The molecule has 2 nitrogen and oxygen atoms in total. The van der Waals surface area contributed by atoms with Gasteiger partial charge in [0.25, 0.3) is 0 Å². The second-order valence-corrected chi connectivity index (χ2v) is 3.44. The molecule has 0 saturated carbocycles. The van der Waals surface area contributed by atoms with Crippen molar-refractivity contribution in [1.29, 1.82) is 0 Å². The lowest BCUT2D eigenvalue weighted by molar-refractivity contribution is -0.113. The number of hydrogen-bond acceptors (Lipinski definition) is 2. The van der Waals surface area contributed by atoms with E-state index in [9.17, 15) is 4.79 Å². The van der Waals surface area contributed by atoms with Crippen molar-refractivity contribution in [3.05, 3.63) is 12.2 Å². The molecule has 0 saturated heterocycles. The minimum absolute atomic E-state index is 0.109. The van der Waals surface area contributed by atoms with E-state index >= 15 is 0 Å². The van der Waals surface area contributed by atoms with Gasteiger partial charge in [0.15, 0.2) is 5.78 Å². The Kier molecular flexibility index (Phi) is 6.51. The van der Waals surface area contributed by atoms with Crippen LogP contribution in [0.1, 0.15) is 33.6 Å². The van der Waals surface area contributed by atoms with Crippen LogP contribution in [0, 0.1) is 0 Å². The fourth-order valence-electron chi connectivity index (χ4n) is 1.28. The third-order valence-electron chi connectivity index (χ3n) is 1.99. The first-order chi connectivity index (χ1) is 6.11. The zero-order valence-electron chi connectivity index (χ0n) is 9.10. The maximum atomic E-state index is 11.0. The monoisotopic (exact) mass is 183 g/mol. The van der Waals surface area contributed by atoms with Gasteiger partial charge in [-0.1, -0.05) is 20.4 Å². The Hall–Kier alpha value is -0.630. The highest BCUT2D eigenvalue weighted by atomic mass is 16.1. The van der Waals surface area contributed by atoms with Gasteiger partial charge in [-0.05, 0) is 32.9 Å². The van der Waals surface area contributed by atoms with E-state index < -0.39 is 0 Å². The number of Topliss-reactive ketones (excluding diaryl/α,β-unsaturated/α-hetero) is 1. The summed E-state index contributed by atoms with van der Waals surface area (Å²) in [5, 5.41) is 0.